The summed E-state index contributed by atoms with van der Waals surface area (Å²) in [6, 6.07) is 11.8. The lowest BCUT2D eigenvalue weighted by Gasteiger charge is -2.31. The lowest BCUT2D eigenvalue weighted by Crippen LogP contribution is -2.49. The molecule has 0 aliphatic rings. The summed E-state index contributed by atoms with van der Waals surface area (Å²) < 4.78 is 10.9. The first kappa shape index (κ1) is 26.8. The maximum absolute atomic E-state index is 13.2. The maximum atomic E-state index is 13.2. The lowest BCUT2D eigenvalue weighted by atomic mass is 10.1. The molecule has 2 amide bonds. The summed E-state index contributed by atoms with van der Waals surface area (Å²) in [6.07, 6.45) is 2.08. The van der Waals surface area contributed by atoms with Gasteiger partial charge in [0.2, 0.25) is 11.8 Å². The van der Waals surface area contributed by atoms with Crippen LogP contribution in [0.25, 0.3) is 0 Å². The van der Waals surface area contributed by atoms with Gasteiger partial charge >= 0.3 is 0 Å². The first-order chi connectivity index (χ1) is 15.9. The topological polar surface area (TPSA) is 67.9 Å². The number of methoxy groups -OCH3 is 1. The quantitative estimate of drug-likeness (QED) is 0.373. The molecular weight excluding hydrogens is 463 g/mol. The fraction of sp³-hybridized carbons (Fsp3) is 0.440. The molecule has 8 heteroatoms. The number of rotatable bonds is 13. The zero-order valence-corrected chi connectivity index (χ0v) is 20.9. The van der Waals surface area contributed by atoms with Gasteiger partial charge < -0.3 is 19.7 Å². The van der Waals surface area contributed by atoms with Gasteiger partial charge in [-0.25, -0.2) is 0 Å². The van der Waals surface area contributed by atoms with E-state index in [0.29, 0.717) is 41.8 Å². The second-order valence-corrected chi connectivity index (χ2v) is 8.44. The highest BCUT2D eigenvalue weighted by atomic mass is 35.5. The number of amides is 2. The highest BCUT2D eigenvalue weighted by molar-refractivity contribution is 6.35. The Bertz CT molecular complexity index is 906. The fourth-order valence-corrected chi connectivity index (χ4v) is 3.82. The van der Waals surface area contributed by atoms with Crippen molar-refractivity contribution in [3.63, 3.8) is 0 Å². The van der Waals surface area contributed by atoms with Crippen LogP contribution in [0.5, 0.6) is 11.5 Å². The number of benzene rings is 2. The molecule has 1 N–H and O–H groups in total. The van der Waals surface area contributed by atoms with Gasteiger partial charge in [-0.15, -0.1) is 0 Å². The Hall–Kier alpha value is -2.44. The van der Waals surface area contributed by atoms with Gasteiger partial charge in [0.25, 0.3) is 0 Å². The molecule has 0 aromatic heterocycles. The molecule has 180 valence electrons. The molecule has 0 bridgehead atoms. The number of halogens is 2. The zero-order valence-electron chi connectivity index (χ0n) is 19.4. The Morgan fingerprint density at radius 2 is 1.76 bits per heavy atom. The zero-order chi connectivity index (χ0) is 24.2. The van der Waals surface area contributed by atoms with E-state index in [1.165, 1.54) is 0 Å². The molecule has 0 saturated heterocycles. The predicted octanol–water partition coefficient (Wildman–Crippen LogP) is 5.49. The molecule has 2 rings (SSSR count). The standard InChI is InChI=1S/C25H32Cl2N2O4/c1-4-14-28-25(31)23(5-2)29(17-18-8-9-19(26)16-22(18)27)24(30)7-6-15-33-21-12-10-20(32-3)11-13-21/h8-13,16,23H,4-7,14-15,17H2,1-3H3,(H,28,31). The number of nitrogens with one attached hydrogen (secondary N) is 1. The van der Waals surface area contributed by atoms with Crippen molar-refractivity contribution in [2.45, 2.75) is 52.1 Å². The smallest absolute Gasteiger partial charge is 0.242 e. The van der Waals surface area contributed by atoms with Gasteiger partial charge in [0, 0.05) is 29.6 Å². The van der Waals surface area contributed by atoms with E-state index in [9.17, 15) is 9.59 Å². The van der Waals surface area contributed by atoms with Crippen LogP contribution in [0, 0.1) is 0 Å². The van der Waals surface area contributed by atoms with Crippen LogP contribution in [0.15, 0.2) is 42.5 Å². The summed E-state index contributed by atoms with van der Waals surface area (Å²) >= 11 is 12.4. The summed E-state index contributed by atoms with van der Waals surface area (Å²) in [6.45, 7) is 5.06. The van der Waals surface area contributed by atoms with Crippen molar-refractivity contribution in [1.82, 2.24) is 10.2 Å². The van der Waals surface area contributed by atoms with Crippen LogP contribution in [0.2, 0.25) is 10.0 Å². The van der Waals surface area contributed by atoms with Crippen molar-refractivity contribution >= 4 is 35.0 Å². The van der Waals surface area contributed by atoms with E-state index in [2.05, 4.69) is 5.32 Å². The number of carbonyl (C=O) groups is 2. The van der Waals surface area contributed by atoms with E-state index in [4.69, 9.17) is 32.7 Å². The number of hydrogen-bond donors (Lipinski definition) is 1. The molecule has 2 aromatic rings. The van der Waals surface area contributed by atoms with Gasteiger partial charge in [-0.05, 0) is 61.2 Å². The molecule has 0 aliphatic heterocycles. The normalized spacial score (nSPS) is 11.5. The molecule has 0 fully saturated rings. The number of nitrogens with zero attached hydrogens (tertiary/aromatic N) is 1. The minimum atomic E-state index is -0.585. The molecule has 0 saturated carbocycles. The molecule has 0 radical (unpaired) electrons. The Morgan fingerprint density at radius 1 is 1.06 bits per heavy atom. The van der Waals surface area contributed by atoms with Gasteiger partial charge in [0.1, 0.15) is 17.5 Å². The van der Waals surface area contributed by atoms with Crippen molar-refractivity contribution in [1.29, 1.82) is 0 Å². The first-order valence-electron chi connectivity index (χ1n) is 11.2. The van der Waals surface area contributed by atoms with Crippen LogP contribution < -0.4 is 14.8 Å². The summed E-state index contributed by atoms with van der Waals surface area (Å²) in [5.41, 5.74) is 0.741. The fourth-order valence-electron chi connectivity index (χ4n) is 3.35. The average molecular weight is 495 g/mol. The highest BCUT2D eigenvalue weighted by Gasteiger charge is 2.28. The molecule has 33 heavy (non-hydrogen) atoms. The van der Waals surface area contributed by atoms with Gasteiger partial charge in [0.15, 0.2) is 0 Å². The number of hydrogen-bond acceptors (Lipinski definition) is 4. The largest absolute Gasteiger partial charge is 0.497 e. The maximum Gasteiger partial charge on any atom is 0.242 e. The molecule has 0 spiro atoms. The third-order valence-corrected chi connectivity index (χ3v) is 5.74. The van der Waals surface area contributed by atoms with E-state index in [-0.39, 0.29) is 24.8 Å². The molecule has 0 aliphatic carbocycles. The Labute approximate surface area is 206 Å². The Balaban J connectivity index is 2.06. The van der Waals surface area contributed by atoms with Crippen LogP contribution in [-0.4, -0.2) is 43.0 Å². The lowest BCUT2D eigenvalue weighted by molar-refractivity contribution is -0.141. The van der Waals surface area contributed by atoms with Crippen LogP contribution in [-0.2, 0) is 16.1 Å². The van der Waals surface area contributed by atoms with E-state index >= 15 is 0 Å². The minimum Gasteiger partial charge on any atom is -0.497 e. The summed E-state index contributed by atoms with van der Waals surface area (Å²) in [4.78, 5) is 27.6. The third-order valence-electron chi connectivity index (χ3n) is 5.15. The SMILES string of the molecule is CCCNC(=O)C(CC)N(Cc1ccc(Cl)cc1Cl)C(=O)CCCOc1ccc(OC)cc1. The minimum absolute atomic E-state index is 0.127. The van der Waals surface area contributed by atoms with E-state index in [1.807, 2.05) is 38.1 Å². The van der Waals surface area contributed by atoms with Crippen molar-refractivity contribution < 1.29 is 19.1 Å². The molecule has 2 aromatic carbocycles. The van der Waals surface area contributed by atoms with E-state index < -0.39 is 6.04 Å². The van der Waals surface area contributed by atoms with Gasteiger partial charge in [-0.1, -0.05) is 43.1 Å². The Kier molecular flexibility index (Phi) is 11.3. The second kappa shape index (κ2) is 14.0. The summed E-state index contributed by atoms with van der Waals surface area (Å²) in [7, 11) is 1.61. The van der Waals surface area contributed by atoms with Crippen molar-refractivity contribution in [3.8, 4) is 11.5 Å². The molecule has 6 nitrogen and oxygen atoms in total. The molecule has 1 atom stereocenters. The van der Waals surface area contributed by atoms with Gasteiger partial charge in [-0.2, -0.15) is 0 Å². The van der Waals surface area contributed by atoms with E-state index in [0.717, 1.165) is 17.7 Å². The van der Waals surface area contributed by atoms with Crippen LogP contribution in [0.3, 0.4) is 0 Å². The molecular formula is C25H32Cl2N2O4. The van der Waals surface area contributed by atoms with Crippen molar-refractivity contribution in [3.05, 3.63) is 58.1 Å². The predicted molar refractivity (Wildman–Crippen MR) is 132 cm³/mol. The summed E-state index contributed by atoms with van der Waals surface area (Å²) in [5.74, 6) is 1.17. The third kappa shape index (κ3) is 8.45. The molecule has 0 heterocycles. The van der Waals surface area contributed by atoms with Gasteiger partial charge in [-0.3, -0.25) is 9.59 Å². The van der Waals surface area contributed by atoms with Crippen LogP contribution in [0.4, 0.5) is 0 Å². The second-order valence-electron chi connectivity index (χ2n) is 7.60. The first-order valence-corrected chi connectivity index (χ1v) is 11.9. The highest BCUT2D eigenvalue weighted by Crippen LogP contribution is 2.24. The molecule has 1 unspecified atom stereocenters. The van der Waals surface area contributed by atoms with Crippen LogP contribution >= 0.6 is 23.2 Å². The Morgan fingerprint density at radius 3 is 2.36 bits per heavy atom. The van der Waals surface area contributed by atoms with Gasteiger partial charge in [0.05, 0.1) is 13.7 Å². The van der Waals surface area contributed by atoms with E-state index in [1.54, 1.807) is 30.2 Å². The number of carbonyl (C=O) groups excluding carboxylic acids is 2. The average Bonchev–Trinajstić information content (AvgIpc) is 2.81. The monoisotopic (exact) mass is 494 g/mol. The van der Waals surface area contributed by atoms with Crippen molar-refractivity contribution in [2.75, 3.05) is 20.3 Å². The van der Waals surface area contributed by atoms with Crippen LogP contribution in [0.1, 0.15) is 45.1 Å². The summed E-state index contributed by atoms with van der Waals surface area (Å²) in [5, 5.41) is 3.89. The van der Waals surface area contributed by atoms with Crippen molar-refractivity contribution in [2.24, 2.45) is 0 Å². The number of ether oxygens (including phenoxy) is 2.